The third-order valence-electron chi connectivity index (χ3n) is 4.97. The number of hydrogen-bond acceptors (Lipinski definition) is 5. The second-order valence-corrected chi connectivity index (χ2v) is 7.10. The van der Waals surface area contributed by atoms with Gasteiger partial charge in [0.05, 0.1) is 0 Å². The van der Waals surface area contributed by atoms with E-state index < -0.39 is 0 Å². The van der Waals surface area contributed by atoms with Crippen molar-refractivity contribution in [3.05, 3.63) is 66.9 Å². The van der Waals surface area contributed by atoms with E-state index in [9.17, 15) is 0 Å². The molecule has 1 saturated heterocycles. The molecule has 1 aromatic heterocycles. The van der Waals surface area contributed by atoms with Gasteiger partial charge in [0.2, 0.25) is 5.95 Å². The summed E-state index contributed by atoms with van der Waals surface area (Å²) < 4.78 is 0. The first kappa shape index (κ1) is 17.3. The molecule has 0 spiro atoms. The largest absolute Gasteiger partial charge is 0.372 e. The molecule has 0 saturated carbocycles. The van der Waals surface area contributed by atoms with Gasteiger partial charge in [-0.2, -0.15) is 4.98 Å². The second-order valence-electron chi connectivity index (χ2n) is 7.10. The van der Waals surface area contributed by atoms with E-state index in [1.54, 1.807) is 6.20 Å². The summed E-state index contributed by atoms with van der Waals surface area (Å²) in [4.78, 5) is 11.3. The maximum absolute atomic E-state index is 4.54. The fourth-order valence-electron chi connectivity index (χ4n) is 3.31. The van der Waals surface area contributed by atoms with Crippen molar-refractivity contribution in [2.24, 2.45) is 5.92 Å². The van der Waals surface area contributed by atoms with E-state index in [0.717, 1.165) is 36.2 Å². The molecule has 3 aromatic rings. The minimum atomic E-state index is 0.574. The van der Waals surface area contributed by atoms with E-state index in [2.05, 4.69) is 56.7 Å². The van der Waals surface area contributed by atoms with Crippen LogP contribution in [0.4, 0.5) is 28.8 Å². The molecule has 2 N–H and O–H groups in total. The lowest BCUT2D eigenvalue weighted by atomic mass is 9.99. The van der Waals surface area contributed by atoms with E-state index in [-0.39, 0.29) is 0 Å². The summed E-state index contributed by atoms with van der Waals surface area (Å²) in [5.41, 5.74) is 3.28. The normalized spacial score (nSPS) is 14.8. The van der Waals surface area contributed by atoms with Crippen LogP contribution in [0.3, 0.4) is 0 Å². The molecule has 138 valence electrons. The zero-order valence-corrected chi connectivity index (χ0v) is 15.6. The summed E-state index contributed by atoms with van der Waals surface area (Å²) in [7, 11) is 0. The van der Waals surface area contributed by atoms with Crippen molar-refractivity contribution in [2.75, 3.05) is 28.6 Å². The number of nitrogens with one attached hydrogen (secondary N) is 2. The van der Waals surface area contributed by atoms with Crippen LogP contribution in [-0.4, -0.2) is 23.1 Å². The van der Waals surface area contributed by atoms with Crippen molar-refractivity contribution in [3.63, 3.8) is 0 Å². The molecule has 2 aromatic carbocycles. The Bertz CT molecular complexity index is 855. The molecule has 0 unspecified atom stereocenters. The molecule has 1 fully saturated rings. The molecular formula is C22H25N5. The topological polar surface area (TPSA) is 53.1 Å². The number of rotatable bonds is 5. The molecular weight excluding hydrogens is 334 g/mol. The average Bonchev–Trinajstić information content (AvgIpc) is 2.70. The molecule has 1 aliphatic rings. The summed E-state index contributed by atoms with van der Waals surface area (Å²) in [6, 6.07) is 20.4. The first-order valence-corrected chi connectivity index (χ1v) is 9.53. The molecule has 4 rings (SSSR count). The first-order chi connectivity index (χ1) is 13.3. The Labute approximate surface area is 160 Å². The molecule has 0 atom stereocenters. The van der Waals surface area contributed by atoms with Gasteiger partial charge in [0.15, 0.2) is 0 Å². The van der Waals surface area contributed by atoms with Gasteiger partial charge < -0.3 is 15.5 Å². The zero-order valence-electron chi connectivity index (χ0n) is 15.6. The molecule has 0 bridgehead atoms. The van der Waals surface area contributed by atoms with Gasteiger partial charge in [0, 0.05) is 36.3 Å². The SMILES string of the molecule is CC1CCN(c2ccc(Nc3ccnc(Nc4ccccc4)n3)cc2)CC1. The second kappa shape index (κ2) is 8.08. The fraction of sp³-hybridized carbons (Fsp3) is 0.273. The third-order valence-corrected chi connectivity index (χ3v) is 4.97. The predicted octanol–water partition coefficient (Wildman–Crippen LogP) is 5.20. The van der Waals surface area contributed by atoms with Gasteiger partial charge in [-0.1, -0.05) is 25.1 Å². The Balaban J connectivity index is 1.41. The Kier molecular flexibility index (Phi) is 5.19. The molecule has 1 aliphatic heterocycles. The van der Waals surface area contributed by atoms with Crippen LogP contribution in [0.5, 0.6) is 0 Å². The van der Waals surface area contributed by atoms with Gasteiger partial charge in [0.25, 0.3) is 0 Å². The van der Waals surface area contributed by atoms with E-state index in [1.807, 2.05) is 36.4 Å². The summed E-state index contributed by atoms with van der Waals surface area (Å²) in [5.74, 6) is 2.19. The van der Waals surface area contributed by atoms with Crippen molar-refractivity contribution in [1.82, 2.24) is 9.97 Å². The number of piperidine rings is 1. The summed E-state index contributed by atoms with van der Waals surface area (Å²) >= 11 is 0. The van der Waals surface area contributed by atoms with Crippen molar-refractivity contribution in [3.8, 4) is 0 Å². The lowest BCUT2D eigenvalue weighted by Crippen LogP contribution is -2.32. The molecule has 0 radical (unpaired) electrons. The average molecular weight is 359 g/mol. The van der Waals surface area contributed by atoms with Crippen LogP contribution in [0.1, 0.15) is 19.8 Å². The lowest BCUT2D eigenvalue weighted by Gasteiger charge is -2.32. The zero-order chi connectivity index (χ0) is 18.5. The van der Waals surface area contributed by atoms with Gasteiger partial charge in [0.1, 0.15) is 5.82 Å². The maximum Gasteiger partial charge on any atom is 0.229 e. The van der Waals surface area contributed by atoms with Gasteiger partial charge >= 0.3 is 0 Å². The van der Waals surface area contributed by atoms with E-state index in [1.165, 1.54) is 18.5 Å². The highest BCUT2D eigenvalue weighted by molar-refractivity contribution is 5.62. The highest BCUT2D eigenvalue weighted by atomic mass is 15.1. The maximum atomic E-state index is 4.54. The van der Waals surface area contributed by atoms with E-state index >= 15 is 0 Å². The first-order valence-electron chi connectivity index (χ1n) is 9.53. The number of benzene rings is 2. The Hall–Kier alpha value is -3.08. The van der Waals surface area contributed by atoms with Crippen LogP contribution >= 0.6 is 0 Å². The van der Waals surface area contributed by atoms with Crippen LogP contribution < -0.4 is 15.5 Å². The highest BCUT2D eigenvalue weighted by Crippen LogP contribution is 2.25. The molecule has 5 nitrogen and oxygen atoms in total. The minimum Gasteiger partial charge on any atom is -0.372 e. The third kappa shape index (κ3) is 4.56. The van der Waals surface area contributed by atoms with Crippen molar-refractivity contribution < 1.29 is 0 Å². The van der Waals surface area contributed by atoms with Crippen LogP contribution in [0.15, 0.2) is 66.9 Å². The molecule has 2 heterocycles. The molecule has 27 heavy (non-hydrogen) atoms. The number of aromatic nitrogens is 2. The monoisotopic (exact) mass is 359 g/mol. The summed E-state index contributed by atoms with van der Waals surface area (Å²) in [6.45, 7) is 4.63. The van der Waals surface area contributed by atoms with Gasteiger partial charge in [-0.25, -0.2) is 4.98 Å². The summed E-state index contributed by atoms with van der Waals surface area (Å²) in [6.07, 6.45) is 4.31. The number of hydrogen-bond donors (Lipinski definition) is 2. The van der Waals surface area contributed by atoms with Gasteiger partial charge in [-0.15, -0.1) is 0 Å². The van der Waals surface area contributed by atoms with Crippen LogP contribution in [0, 0.1) is 5.92 Å². The summed E-state index contributed by atoms with van der Waals surface area (Å²) in [5, 5.41) is 6.57. The van der Waals surface area contributed by atoms with Crippen molar-refractivity contribution in [2.45, 2.75) is 19.8 Å². The Morgan fingerprint density at radius 2 is 1.56 bits per heavy atom. The number of para-hydroxylation sites is 1. The predicted molar refractivity (Wildman–Crippen MR) is 112 cm³/mol. The smallest absolute Gasteiger partial charge is 0.229 e. The number of anilines is 5. The van der Waals surface area contributed by atoms with Crippen LogP contribution in [-0.2, 0) is 0 Å². The van der Waals surface area contributed by atoms with Crippen LogP contribution in [0.25, 0.3) is 0 Å². The number of nitrogens with zero attached hydrogens (tertiary/aromatic N) is 3. The fourth-order valence-corrected chi connectivity index (χ4v) is 3.31. The molecule has 0 amide bonds. The Morgan fingerprint density at radius 1 is 0.852 bits per heavy atom. The highest BCUT2D eigenvalue weighted by Gasteiger charge is 2.15. The Morgan fingerprint density at radius 3 is 2.30 bits per heavy atom. The quantitative estimate of drug-likeness (QED) is 0.656. The molecule has 5 heteroatoms. The van der Waals surface area contributed by atoms with E-state index in [4.69, 9.17) is 0 Å². The van der Waals surface area contributed by atoms with Gasteiger partial charge in [-0.3, -0.25) is 0 Å². The molecule has 0 aliphatic carbocycles. The van der Waals surface area contributed by atoms with Crippen LogP contribution in [0.2, 0.25) is 0 Å². The van der Waals surface area contributed by atoms with Crippen molar-refractivity contribution in [1.29, 1.82) is 0 Å². The standard InChI is InChI=1S/C22H25N5/c1-17-12-15-27(16-13-17)20-9-7-19(8-10-20)24-21-11-14-23-22(26-21)25-18-5-3-2-4-6-18/h2-11,14,17H,12-13,15-16H2,1H3,(H2,23,24,25,26). The van der Waals surface area contributed by atoms with E-state index in [0.29, 0.717) is 5.95 Å². The lowest BCUT2D eigenvalue weighted by molar-refractivity contribution is 0.438. The minimum absolute atomic E-state index is 0.574. The van der Waals surface area contributed by atoms with Crippen molar-refractivity contribution >= 4 is 28.8 Å². The van der Waals surface area contributed by atoms with Gasteiger partial charge in [-0.05, 0) is 61.2 Å².